The van der Waals surface area contributed by atoms with E-state index in [4.69, 9.17) is 9.47 Å². The molecule has 0 spiro atoms. The Kier molecular flexibility index (Phi) is 5.76. The third-order valence-electron chi connectivity index (χ3n) is 6.54. The normalized spacial score (nSPS) is 23.8. The maximum absolute atomic E-state index is 13.3. The van der Waals surface area contributed by atoms with Gasteiger partial charge in [0.2, 0.25) is 0 Å². The molecule has 5 rings (SSSR count). The summed E-state index contributed by atoms with van der Waals surface area (Å²) in [7, 11) is 0. The molecule has 0 saturated carbocycles. The number of aliphatic carboxylic acids is 1. The van der Waals surface area contributed by atoms with E-state index in [2.05, 4.69) is 17.4 Å². The number of carbonyl (C=O) groups is 3. The first-order valence-electron chi connectivity index (χ1n) is 10.8. The van der Waals surface area contributed by atoms with E-state index in [0.717, 1.165) is 22.3 Å². The molecule has 2 fully saturated rings. The third-order valence-corrected chi connectivity index (χ3v) is 7.56. The lowest BCUT2D eigenvalue weighted by molar-refractivity contribution is -0.150. The lowest BCUT2D eigenvalue weighted by Crippen LogP contribution is -2.62. The van der Waals surface area contributed by atoms with Crippen LogP contribution in [0.1, 0.15) is 23.5 Å². The molecule has 172 valence electrons. The summed E-state index contributed by atoms with van der Waals surface area (Å²) in [6, 6.07) is 15.2. The van der Waals surface area contributed by atoms with Gasteiger partial charge < -0.3 is 24.8 Å². The summed E-state index contributed by atoms with van der Waals surface area (Å²) in [5, 5.41) is 12.2. The number of hydrogen-bond donors (Lipinski definition) is 2. The molecular weight excluding hydrogens is 444 g/mol. The van der Waals surface area contributed by atoms with Gasteiger partial charge in [-0.05, 0) is 22.3 Å². The molecule has 3 aliphatic rings. The number of benzene rings is 2. The van der Waals surface area contributed by atoms with Crippen LogP contribution in [0.4, 0.5) is 4.79 Å². The molecule has 2 aliphatic heterocycles. The van der Waals surface area contributed by atoms with Crippen molar-refractivity contribution in [2.45, 2.75) is 23.9 Å². The highest BCUT2D eigenvalue weighted by molar-refractivity contribution is 7.99. The van der Waals surface area contributed by atoms with Gasteiger partial charge in [0, 0.05) is 24.7 Å². The minimum absolute atomic E-state index is 0.0104. The van der Waals surface area contributed by atoms with Crippen LogP contribution in [-0.2, 0) is 19.1 Å². The second-order valence-corrected chi connectivity index (χ2v) is 9.46. The van der Waals surface area contributed by atoms with Gasteiger partial charge in [0.1, 0.15) is 18.2 Å². The highest BCUT2D eigenvalue weighted by atomic mass is 32.2. The maximum Gasteiger partial charge on any atom is 0.408 e. The largest absolute Gasteiger partial charge is 0.480 e. The van der Waals surface area contributed by atoms with Gasteiger partial charge in [-0.1, -0.05) is 48.5 Å². The van der Waals surface area contributed by atoms with Crippen LogP contribution < -0.4 is 5.32 Å². The second-order valence-electron chi connectivity index (χ2n) is 8.46. The van der Waals surface area contributed by atoms with Crippen molar-refractivity contribution < 1.29 is 29.0 Å². The van der Waals surface area contributed by atoms with Crippen molar-refractivity contribution in [2.24, 2.45) is 0 Å². The molecule has 2 aromatic rings. The summed E-state index contributed by atoms with van der Waals surface area (Å²) in [6.07, 6.45) is -0.446. The predicted octanol–water partition coefficient (Wildman–Crippen LogP) is 2.67. The van der Waals surface area contributed by atoms with Gasteiger partial charge in [0.15, 0.2) is 0 Å². The lowest BCUT2D eigenvalue weighted by Gasteiger charge is -2.33. The van der Waals surface area contributed by atoms with E-state index in [9.17, 15) is 19.5 Å². The van der Waals surface area contributed by atoms with Crippen molar-refractivity contribution in [1.82, 2.24) is 10.2 Å². The molecule has 8 nitrogen and oxygen atoms in total. The van der Waals surface area contributed by atoms with E-state index < -0.39 is 29.6 Å². The zero-order valence-corrected chi connectivity index (χ0v) is 18.7. The molecule has 0 bridgehead atoms. The first kappa shape index (κ1) is 21.8. The van der Waals surface area contributed by atoms with Crippen molar-refractivity contribution in [3.8, 4) is 11.1 Å². The van der Waals surface area contributed by atoms with Crippen molar-refractivity contribution in [3.05, 3.63) is 59.7 Å². The Labute approximate surface area is 195 Å². The number of fused-ring (bicyclic) bond motifs is 3. The molecular formula is C24H24N2O6S. The zero-order valence-electron chi connectivity index (χ0n) is 17.9. The number of rotatable bonds is 5. The highest BCUT2D eigenvalue weighted by Crippen LogP contribution is 2.44. The number of thioether (sulfide) groups is 1. The van der Waals surface area contributed by atoms with Gasteiger partial charge in [0.05, 0.1) is 12.5 Å². The number of ether oxygens (including phenoxy) is 2. The number of carbonyl (C=O) groups excluding carboxylic acids is 2. The maximum atomic E-state index is 13.3. The van der Waals surface area contributed by atoms with Gasteiger partial charge in [0.25, 0.3) is 5.91 Å². The standard InChI is InChI=1S/C24H24N2O6S/c27-21(28)20-12-33-14-26(20)22(29)24(9-10-31-13-24)25-23(30)32-11-19-17-7-3-1-5-15(17)16-6-2-4-8-18(16)19/h1-8,19-20H,9-14H2,(H,25,30)(H,27,28)/t20-,24?/m0/s1. The van der Waals surface area contributed by atoms with Crippen LogP contribution in [0.3, 0.4) is 0 Å². The Balaban J connectivity index is 1.30. The predicted molar refractivity (Wildman–Crippen MR) is 122 cm³/mol. The molecule has 0 aromatic heterocycles. The van der Waals surface area contributed by atoms with Crippen LogP contribution in [0.25, 0.3) is 11.1 Å². The van der Waals surface area contributed by atoms with Gasteiger partial charge in [-0.25, -0.2) is 9.59 Å². The SMILES string of the molecule is O=C(NC1(C(=O)N2CSC[C@H]2C(=O)O)CCOC1)OCC1c2ccccc2-c2ccccc21. The fourth-order valence-corrected chi connectivity index (χ4v) is 5.98. The van der Waals surface area contributed by atoms with Crippen LogP contribution in [0.5, 0.6) is 0 Å². The van der Waals surface area contributed by atoms with E-state index in [1.807, 2.05) is 36.4 Å². The van der Waals surface area contributed by atoms with Crippen LogP contribution in [0, 0.1) is 0 Å². The minimum Gasteiger partial charge on any atom is -0.480 e. The van der Waals surface area contributed by atoms with Crippen molar-refractivity contribution >= 4 is 29.7 Å². The first-order valence-corrected chi connectivity index (χ1v) is 12.0. The Bertz CT molecular complexity index is 1050. The molecule has 9 heteroatoms. The van der Waals surface area contributed by atoms with Gasteiger partial charge in [-0.3, -0.25) is 4.79 Å². The topological polar surface area (TPSA) is 105 Å². The van der Waals surface area contributed by atoms with Crippen LogP contribution in [-0.4, -0.2) is 71.0 Å². The number of amides is 2. The number of carboxylic acid groups (broad SMARTS) is 1. The summed E-state index contributed by atoms with van der Waals surface area (Å²) >= 11 is 1.38. The molecule has 2 N–H and O–H groups in total. The van der Waals surface area contributed by atoms with Crippen LogP contribution >= 0.6 is 11.8 Å². The Morgan fingerprint density at radius 3 is 2.39 bits per heavy atom. The zero-order chi connectivity index (χ0) is 23.0. The van der Waals surface area contributed by atoms with E-state index in [-0.39, 0.29) is 31.4 Å². The van der Waals surface area contributed by atoms with E-state index in [1.54, 1.807) is 0 Å². The second kappa shape index (κ2) is 8.72. The molecule has 2 atom stereocenters. The number of nitrogens with one attached hydrogen (secondary N) is 1. The highest BCUT2D eigenvalue weighted by Gasteiger charge is 2.50. The molecule has 1 unspecified atom stereocenters. The van der Waals surface area contributed by atoms with Crippen molar-refractivity contribution in [3.63, 3.8) is 0 Å². The average Bonchev–Trinajstić information content (AvgIpc) is 3.55. The van der Waals surface area contributed by atoms with Crippen molar-refractivity contribution in [1.29, 1.82) is 0 Å². The molecule has 1 aliphatic carbocycles. The van der Waals surface area contributed by atoms with Gasteiger partial charge in [-0.15, -0.1) is 11.8 Å². The summed E-state index contributed by atoms with van der Waals surface area (Å²) in [4.78, 5) is 39.0. The van der Waals surface area contributed by atoms with Crippen LogP contribution in [0.2, 0.25) is 0 Å². The smallest absolute Gasteiger partial charge is 0.408 e. The van der Waals surface area contributed by atoms with E-state index in [0.29, 0.717) is 12.4 Å². The van der Waals surface area contributed by atoms with E-state index >= 15 is 0 Å². The molecule has 2 aromatic carbocycles. The first-order chi connectivity index (χ1) is 16.0. The fraction of sp³-hybridized carbons (Fsp3) is 0.375. The minimum atomic E-state index is -1.32. The summed E-state index contributed by atoms with van der Waals surface area (Å²) in [5.74, 6) is -0.997. The number of hydrogen-bond acceptors (Lipinski definition) is 6. The third kappa shape index (κ3) is 3.85. The number of carboxylic acids is 1. The van der Waals surface area contributed by atoms with E-state index in [1.165, 1.54) is 16.7 Å². The number of nitrogens with zero attached hydrogens (tertiary/aromatic N) is 1. The summed E-state index contributed by atoms with van der Waals surface area (Å²) in [6.45, 7) is 0.417. The van der Waals surface area contributed by atoms with Gasteiger partial charge >= 0.3 is 12.1 Å². The molecule has 2 heterocycles. The fourth-order valence-electron chi connectivity index (χ4n) is 4.84. The Morgan fingerprint density at radius 1 is 1.12 bits per heavy atom. The summed E-state index contributed by atoms with van der Waals surface area (Å²) in [5.41, 5.74) is 3.13. The van der Waals surface area contributed by atoms with Crippen LogP contribution in [0.15, 0.2) is 48.5 Å². The average molecular weight is 469 g/mol. The summed E-state index contributed by atoms with van der Waals surface area (Å²) < 4.78 is 11.1. The molecule has 33 heavy (non-hydrogen) atoms. The van der Waals surface area contributed by atoms with Crippen molar-refractivity contribution in [2.75, 3.05) is 31.5 Å². The Hall–Kier alpha value is -3.04. The monoisotopic (exact) mass is 468 g/mol. The Morgan fingerprint density at radius 2 is 1.79 bits per heavy atom. The lowest BCUT2D eigenvalue weighted by atomic mass is 9.96. The quantitative estimate of drug-likeness (QED) is 0.695. The number of alkyl carbamates (subject to hydrolysis) is 1. The molecule has 0 radical (unpaired) electrons. The van der Waals surface area contributed by atoms with Gasteiger partial charge in [-0.2, -0.15) is 0 Å². The molecule has 2 amide bonds. The molecule has 2 saturated heterocycles.